The first-order valence-corrected chi connectivity index (χ1v) is 12.7. The van der Waals surface area contributed by atoms with E-state index in [9.17, 15) is 9.59 Å². The lowest BCUT2D eigenvalue weighted by molar-refractivity contribution is -0.146. The van der Waals surface area contributed by atoms with Crippen molar-refractivity contribution >= 4 is 11.9 Å². The molecule has 0 fully saturated rings. The fourth-order valence-corrected chi connectivity index (χ4v) is 3.63. The van der Waals surface area contributed by atoms with Crippen molar-refractivity contribution < 1.29 is 19.4 Å². The monoisotopic (exact) mass is 427 g/mol. The molecule has 0 aromatic heterocycles. The third kappa shape index (κ3) is 20.2. The third-order valence-corrected chi connectivity index (χ3v) is 5.59. The largest absolute Gasteiger partial charge is 0.480 e. The molecule has 0 aliphatic heterocycles. The fourth-order valence-electron chi connectivity index (χ4n) is 3.63. The zero-order valence-corrected chi connectivity index (χ0v) is 19.9. The van der Waals surface area contributed by atoms with Crippen molar-refractivity contribution in [3.05, 3.63) is 0 Å². The Balaban J connectivity index is 3.36. The molecule has 1 unspecified atom stereocenters. The lowest BCUT2D eigenvalue weighted by Crippen LogP contribution is -2.38. The average Bonchev–Trinajstić information content (AvgIpc) is 2.73. The second kappa shape index (κ2) is 22.6. The van der Waals surface area contributed by atoms with E-state index >= 15 is 0 Å². The van der Waals surface area contributed by atoms with Gasteiger partial charge in [-0.15, -0.1) is 0 Å². The van der Waals surface area contributed by atoms with Gasteiger partial charge in [-0.3, -0.25) is 9.59 Å². The highest BCUT2D eigenvalue weighted by Gasteiger charge is 2.16. The van der Waals surface area contributed by atoms with Crippen LogP contribution in [0.5, 0.6) is 0 Å². The molecule has 0 heterocycles. The van der Waals surface area contributed by atoms with Gasteiger partial charge in [0.2, 0.25) is 0 Å². The first-order valence-electron chi connectivity index (χ1n) is 12.7. The molecule has 0 saturated heterocycles. The third-order valence-electron chi connectivity index (χ3n) is 5.59. The quantitative estimate of drug-likeness (QED) is 0.141. The number of rotatable bonds is 23. The number of hydrogen-bond acceptors (Lipinski definition) is 4. The minimum absolute atomic E-state index is 0.172. The molecule has 0 saturated carbocycles. The van der Waals surface area contributed by atoms with Crippen molar-refractivity contribution in [3.8, 4) is 0 Å². The molecule has 0 aromatic rings. The fraction of sp³-hybridized carbons (Fsp3) is 0.920. The number of carboxylic acid groups (broad SMARTS) is 1. The summed E-state index contributed by atoms with van der Waals surface area (Å²) in [7, 11) is 0. The second-order valence-corrected chi connectivity index (χ2v) is 8.55. The number of ether oxygens (including phenoxy) is 1. The molecule has 0 rings (SSSR count). The highest BCUT2D eigenvalue weighted by molar-refractivity contribution is 5.73. The van der Waals surface area contributed by atoms with Crippen LogP contribution in [0.1, 0.15) is 129 Å². The molecule has 0 aliphatic carbocycles. The summed E-state index contributed by atoms with van der Waals surface area (Å²) in [6.07, 6.45) is 21.2. The lowest BCUT2D eigenvalue weighted by atomic mass is 10.0. The maximum absolute atomic E-state index is 11.8. The summed E-state index contributed by atoms with van der Waals surface area (Å²) in [5.41, 5.74) is 0. The highest BCUT2D eigenvalue weighted by Crippen LogP contribution is 2.13. The maximum atomic E-state index is 11.8. The Morgan fingerprint density at radius 2 is 1.20 bits per heavy atom. The number of hydrogen-bond donors (Lipinski definition) is 2. The summed E-state index contributed by atoms with van der Waals surface area (Å²) < 4.78 is 5.18. The maximum Gasteiger partial charge on any atom is 0.320 e. The van der Waals surface area contributed by atoms with E-state index in [4.69, 9.17) is 9.84 Å². The van der Waals surface area contributed by atoms with E-state index in [2.05, 4.69) is 12.2 Å². The van der Waals surface area contributed by atoms with Crippen molar-refractivity contribution in [2.24, 2.45) is 0 Å². The normalized spacial score (nSPS) is 12.1. The van der Waals surface area contributed by atoms with E-state index in [-0.39, 0.29) is 12.6 Å². The van der Waals surface area contributed by atoms with Crippen LogP contribution in [-0.2, 0) is 14.3 Å². The first kappa shape index (κ1) is 28.9. The summed E-state index contributed by atoms with van der Waals surface area (Å²) in [5.74, 6) is -1.09. The van der Waals surface area contributed by atoms with Crippen LogP contribution in [0.4, 0.5) is 0 Å². The van der Waals surface area contributed by atoms with E-state index in [1.54, 1.807) is 0 Å². The zero-order valence-electron chi connectivity index (χ0n) is 19.9. The predicted molar refractivity (Wildman–Crippen MR) is 125 cm³/mol. The Bertz CT molecular complexity index is 401. The first-order chi connectivity index (χ1) is 14.6. The smallest absolute Gasteiger partial charge is 0.320 e. The molecular weight excluding hydrogens is 378 g/mol. The van der Waals surface area contributed by atoms with Gasteiger partial charge in [-0.05, 0) is 19.4 Å². The van der Waals surface area contributed by atoms with Gasteiger partial charge in [-0.1, -0.05) is 104 Å². The van der Waals surface area contributed by atoms with E-state index < -0.39 is 12.0 Å². The van der Waals surface area contributed by atoms with Crippen LogP contribution in [0.15, 0.2) is 0 Å². The molecular formula is C25H49NO4. The minimum atomic E-state index is -0.887. The Hall–Kier alpha value is -1.10. The number of esters is 1. The van der Waals surface area contributed by atoms with Gasteiger partial charge < -0.3 is 15.2 Å². The van der Waals surface area contributed by atoms with Crippen LogP contribution in [0.2, 0.25) is 0 Å². The molecule has 0 spiro atoms. The van der Waals surface area contributed by atoms with Gasteiger partial charge in [0.1, 0.15) is 6.04 Å². The number of carboxylic acids is 1. The molecule has 0 radical (unpaired) electrons. The summed E-state index contributed by atoms with van der Waals surface area (Å²) in [6, 6.07) is -0.636. The van der Waals surface area contributed by atoms with Crippen molar-refractivity contribution in [1.82, 2.24) is 5.32 Å². The van der Waals surface area contributed by atoms with E-state index in [0.717, 1.165) is 19.3 Å². The van der Waals surface area contributed by atoms with Crippen molar-refractivity contribution in [2.45, 2.75) is 135 Å². The van der Waals surface area contributed by atoms with Gasteiger partial charge >= 0.3 is 11.9 Å². The Labute approximate surface area is 185 Å². The molecule has 0 aromatic carbocycles. The van der Waals surface area contributed by atoms with Gasteiger partial charge in [0.25, 0.3) is 0 Å². The molecule has 178 valence electrons. The molecule has 0 aliphatic rings. The standard InChI is InChI=1S/C25H49NO4/c1-3-5-6-7-8-9-10-11-12-13-14-15-16-17-18-19-24(27)30-22-20-23(25(28)29)26-21-4-2/h23,26H,3-22H2,1-2H3,(H,28,29). The average molecular weight is 428 g/mol. The van der Waals surface area contributed by atoms with Crippen LogP contribution < -0.4 is 5.32 Å². The molecule has 5 nitrogen and oxygen atoms in total. The van der Waals surface area contributed by atoms with Crippen LogP contribution in [-0.4, -0.2) is 36.2 Å². The molecule has 0 amide bonds. The van der Waals surface area contributed by atoms with Gasteiger partial charge in [-0.2, -0.15) is 0 Å². The van der Waals surface area contributed by atoms with Gasteiger partial charge in [0.05, 0.1) is 6.61 Å². The van der Waals surface area contributed by atoms with Crippen LogP contribution >= 0.6 is 0 Å². The summed E-state index contributed by atoms with van der Waals surface area (Å²) in [6.45, 7) is 5.08. The number of unbranched alkanes of at least 4 members (excludes halogenated alkanes) is 14. The van der Waals surface area contributed by atoms with E-state index in [0.29, 0.717) is 19.4 Å². The molecule has 30 heavy (non-hydrogen) atoms. The van der Waals surface area contributed by atoms with Gasteiger partial charge in [-0.25, -0.2) is 0 Å². The van der Waals surface area contributed by atoms with Crippen molar-refractivity contribution in [3.63, 3.8) is 0 Å². The SMILES string of the molecule is CCCCCCCCCCCCCCCCCC(=O)OCCC(NCCC)C(=O)O. The minimum Gasteiger partial charge on any atom is -0.480 e. The molecule has 5 heteroatoms. The number of nitrogens with one attached hydrogen (secondary N) is 1. The highest BCUT2D eigenvalue weighted by atomic mass is 16.5. The molecule has 2 N–H and O–H groups in total. The molecule has 1 atom stereocenters. The predicted octanol–water partition coefficient (Wildman–Crippen LogP) is 6.63. The summed E-state index contributed by atoms with van der Waals surface area (Å²) >= 11 is 0. The Morgan fingerprint density at radius 3 is 1.63 bits per heavy atom. The zero-order chi connectivity index (χ0) is 22.3. The summed E-state index contributed by atoms with van der Waals surface area (Å²) in [4.78, 5) is 22.9. The van der Waals surface area contributed by atoms with E-state index in [1.807, 2.05) is 6.92 Å². The lowest BCUT2D eigenvalue weighted by Gasteiger charge is -2.13. The van der Waals surface area contributed by atoms with Crippen LogP contribution in [0.3, 0.4) is 0 Å². The number of carbonyl (C=O) groups excluding carboxylic acids is 1. The Morgan fingerprint density at radius 1 is 0.733 bits per heavy atom. The van der Waals surface area contributed by atoms with Crippen LogP contribution in [0, 0.1) is 0 Å². The number of carbonyl (C=O) groups is 2. The van der Waals surface area contributed by atoms with Gasteiger partial charge in [0.15, 0.2) is 0 Å². The molecule has 0 bridgehead atoms. The topological polar surface area (TPSA) is 75.6 Å². The van der Waals surface area contributed by atoms with Crippen molar-refractivity contribution in [1.29, 1.82) is 0 Å². The van der Waals surface area contributed by atoms with Crippen LogP contribution in [0.25, 0.3) is 0 Å². The second-order valence-electron chi connectivity index (χ2n) is 8.55. The number of aliphatic carboxylic acids is 1. The van der Waals surface area contributed by atoms with E-state index in [1.165, 1.54) is 83.5 Å². The Kier molecular flexibility index (Phi) is 21.8. The van der Waals surface area contributed by atoms with Crippen molar-refractivity contribution in [2.75, 3.05) is 13.2 Å². The summed E-state index contributed by atoms with van der Waals surface area (Å²) in [5, 5.41) is 12.1. The van der Waals surface area contributed by atoms with Gasteiger partial charge in [0, 0.05) is 12.8 Å².